The first-order chi connectivity index (χ1) is 6.70. The number of aromatic nitrogens is 2. The van der Waals surface area contributed by atoms with Gasteiger partial charge in [0.1, 0.15) is 11.8 Å². The number of hydrogen-bond acceptors (Lipinski definition) is 3. The summed E-state index contributed by atoms with van der Waals surface area (Å²) in [6.45, 7) is 2.03. The van der Waals surface area contributed by atoms with E-state index in [-0.39, 0.29) is 11.9 Å². The Morgan fingerprint density at radius 2 is 2.43 bits per heavy atom. The molecule has 1 unspecified atom stereocenters. The van der Waals surface area contributed by atoms with Gasteiger partial charge in [0.25, 0.3) is 0 Å². The summed E-state index contributed by atoms with van der Waals surface area (Å²) in [7, 11) is 3.32. The highest BCUT2D eigenvalue weighted by atomic mass is 16.5. The summed E-state index contributed by atoms with van der Waals surface area (Å²) in [6.07, 6.45) is 2.96. The first-order valence-electron chi connectivity index (χ1n) is 4.75. The fraction of sp³-hybridized carbons (Fsp3) is 0.600. The number of methoxy groups -OCH3 is 1. The van der Waals surface area contributed by atoms with Crippen LogP contribution < -0.4 is 0 Å². The Hall–Kier alpha value is -1.16. The first kappa shape index (κ1) is 10.9. The highest BCUT2D eigenvalue weighted by molar-refractivity contribution is 5.97. The standard InChI is InChI=1S/C10H16N2O2/c1-4-5-9(14-3)10(13)8-6-7-11-12(8)2/h6-7,9H,4-5H2,1-3H3. The van der Waals surface area contributed by atoms with E-state index in [9.17, 15) is 4.79 Å². The van der Waals surface area contributed by atoms with Gasteiger partial charge in [-0.1, -0.05) is 13.3 Å². The van der Waals surface area contributed by atoms with E-state index in [4.69, 9.17) is 4.74 Å². The molecule has 0 saturated carbocycles. The highest BCUT2D eigenvalue weighted by Crippen LogP contribution is 2.09. The van der Waals surface area contributed by atoms with E-state index in [2.05, 4.69) is 5.10 Å². The van der Waals surface area contributed by atoms with Crippen molar-refractivity contribution in [3.63, 3.8) is 0 Å². The minimum absolute atomic E-state index is 0.00866. The molecule has 0 N–H and O–H groups in total. The Morgan fingerprint density at radius 1 is 1.71 bits per heavy atom. The van der Waals surface area contributed by atoms with Gasteiger partial charge in [-0.2, -0.15) is 5.10 Å². The van der Waals surface area contributed by atoms with Crippen LogP contribution in [0.5, 0.6) is 0 Å². The van der Waals surface area contributed by atoms with E-state index < -0.39 is 0 Å². The van der Waals surface area contributed by atoms with Crippen LogP contribution in [0.1, 0.15) is 30.3 Å². The van der Waals surface area contributed by atoms with Crippen molar-refractivity contribution in [2.45, 2.75) is 25.9 Å². The maximum absolute atomic E-state index is 11.9. The molecule has 0 aliphatic heterocycles. The van der Waals surface area contributed by atoms with Crippen molar-refractivity contribution in [2.75, 3.05) is 7.11 Å². The van der Waals surface area contributed by atoms with Crippen molar-refractivity contribution >= 4 is 5.78 Å². The third kappa shape index (κ3) is 2.20. The molecule has 1 heterocycles. The van der Waals surface area contributed by atoms with E-state index in [0.717, 1.165) is 12.8 Å². The van der Waals surface area contributed by atoms with Crippen molar-refractivity contribution in [3.8, 4) is 0 Å². The number of rotatable bonds is 5. The quantitative estimate of drug-likeness (QED) is 0.669. The molecule has 0 fully saturated rings. The molecule has 1 atom stereocenters. The second kappa shape index (κ2) is 4.91. The molecule has 0 aliphatic rings. The van der Waals surface area contributed by atoms with Gasteiger partial charge in [-0.05, 0) is 12.5 Å². The van der Waals surface area contributed by atoms with Gasteiger partial charge in [0.05, 0.1) is 0 Å². The molecule has 0 aliphatic carbocycles. The molecule has 78 valence electrons. The van der Waals surface area contributed by atoms with Gasteiger partial charge < -0.3 is 4.74 Å². The Morgan fingerprint density at radius 3 is 2.86 bits per heavy atom. The van der Waals surface area contributed by atoms with Crippen LogP contribution in [0, 0.1) is 0 Å². The number of hydrogen-bond donors (Lipinski definition) is 0. The fourth-order valence-corrected chi connectivity index (χ4v) is 1.40. The number of aryl methyl sites for hydroxylation is 1. The van der Waals surface area contributed by atoms with E-state index in [1.165, 1.54) is 0 Å². The molecule has 4 nitrogen and oxygen atoms in total. The summed E-state index contributed by atoms with van der Waals surface area (Å²) in [4.78, 5) is 11.9. The van der Waals surface area contributed by atoms with Gasteiger partial charge in [-0.3, -0.25) is 9.48 Å². The molecule has 1 rings (SSSR count). The zero-order valence-corrected chi connectivity index (χ0v) is 8.86. The molecular formula is C10H16N2O2. The molecule has 0 saturated heterocycles. The van der Waals surface area contributed by atoms with Crippen LogP contribution in [0.15, 0.2) is 12.3 Å². The molecule has 0 radical (unpaired) electrons. The minimum Gasteiger partial charge on any atom is -0.373 e. The second-order valence-electron chi connectivity index (χ2n) is 3.22. The molecule has 0 amide bonds. The summed E-state index contributed by atoms with van der Waals surface area (Å²) in [5, 5.41) is 3.95. The van der Waals surface area contributed by atoms with Crippen LogP contribution in [0.2, 0.25) is 0 Å². The Balaban J connectivity index is 2.78. The minimum atomic E-state index is -0.338. The molecule has 1 aromatic rings. The normalized spacial score (nSPS) is 12.8. The molecule has 0 aromatic carbocycles. The number of ether oxygens (including phenoxy) is 1. The number of Topliss-reactive ketones (excluding diaryl/α,β-unsaturated/α-hetero) is 1. The maximum atomic E-state index is 11.9. The number of ketones is 1. The monoisotopic (exact) mass is 196 g/mol. The van der Waals surface area contributed by atoms with Crippen molar-refractivity contribution < 1.29 is 9.53 Å². The summed E-state index contributed by atoms with van der Waals surface area (Å²) >= 11 is 0. The van der Waals surface area contributed by atoms with Crippen LogP contribution in [0.4, 0.5) is 0 Å². The fourth-order valence-electron chi connectivity index (χ4n) is 1.40. The van der Waals surface area contributed by atoms with Crippen LogP contribution in [-0.2, 0) is 11.8 Å². The Labute approximate surface area is 83.9 Å². The van der Waals surface area contributed by atoms with Crippen LogP contribution in [0.25, 0.3) is 0 Å². The summed E-state index contributed by atoms with van der Waals surface area (Å²) < 4.78 is 6.71. The smallest absolute Gasteiger partial charge is 0.209 e. The van der Waals surface area contributed by atoms with Crippen LogP contribution in [0.3, 0.4) is 0 Å². The van der Waals surface area contributed by atoms with Gasteiger partial charge in [-0.15, -0.1) is 0 Å². The summed E-state index contributed by atoms with van der Waals surface area (Å²) in [5.74, 6) is 0.00866. The van der Waals surface area contributed by atoms with Crippen LogP contribution in [-0.4, -0.2) is 28.8 Å². The lowest BCUT2D eigenvalue weighted by molar-refractivity contribution is 0.0569. The first-order valence-corrected chi connectivity index (χ1v) is 4.75. The average Bonchev–Trinajstić information content (AvgIpc) is 2.59. The lowest BCUT2D eigenvalue weighted by atomic mass is 10.1. The topological polar surface area (TPSA) is 44.1 Å². The van der Waals surface area contributed by atoms with Gasteiger partial charge in [0.2, 0.25) is 5.78 Å². The van der Waals surface area contributed by atoms with Crippen molar-refractivity contribution in [1.29, 1.82) is 0 Å². The number of carbonyl (C=O) groups is 1. The van der Waals surface area contributed by atoms with E-state index in [1.807, 2.05) is 6.92 Å². The summed E-state index contributed by atoms with van der Waals surface area (Å²) in [6, 6.07) is 1.71. The van der Waals surface area contributed by atoms with Gasteiger partial charge in [0, 0.05) is 20.4 Å². The van der Waals surface area contributed by atoms with Gasteiger partial charge in [-0.25, -0.2) is 0 Å². The Bertz CT molecular complexity index is 307. The van der Waals surface area contributed by atoms with E-state index in [0.29, 0.717) is 5.69 Å². The molecular weight excluding hydrogens is 180 g/mol. The number of carbonyl (C=O) groups excluding carboxylic acids is 1. The highest BCUT2D eigenvalue weighted by Gasteiger charge is 2.20. The van der Waals surface area contributed by atoms with Gasteiger partial charge >= 0.3 is 0 Å². The number of nitrogens with zero attached hydrogens (tertiary/aromatic N) is 2. The lowest BCUT2D eigenvalue weighted by Gasteiger charge is -2.12. The molecule has 4 heteroatoms. The van der Waals surface area contributed by atoms with Crippen LogP contribution >= 0.6 is 0 Å². The second-order valence-corrected chi connectivity index (χ2v) is 3.22. The van der Waals surface area contributed by atoms with E-state index in [1.54, 1.807) is 31.1 Å². The molecule has 1 aromatic heterocycles. The van der Waals surface area contributed by atoms with Crippen molar-refractivity contribution in [2.24, 2.45) is 7.05 Å². The third-order valence-corrected chi connectivity index (χ3v) is 2.20. The third-order valence-electron chi connectivity index (χ3n) is 2.20. The largest absolute Gasteiger partial charge is 0.373 e. The molecule has 14 heavy (non-hydrogen) atoms. The van der Waals surface area contributed by atoms with Crippen molar-refractivity contribution in [3.05, 3.63) is 18.0 Å². The zero-order chi connectivity index (χ0) is 10.6. The lowest BCUT2D eigenvalue weighted by Crippen LogP contribution is -2.25. The molecule has 0 spiro atoms. The Kier molecular flexibility index (Phi) is 3.83. The van der Waals surface area contributed by atoms with Gasteiger partial charge in [0.15, 0.2) is 0 Å². The maximum Gasteiger partial charge on any atom is 0.209 e. The zero-order valence-electron chi connectivity index (χ0n) is 8.86. The van der Waals surface area contributed by atoms with E-state index >= 15 is 0 Å². The predicted molar refractivity (Wildman–Crippen MR) is 53.2 cm³/mol. The van der Waals surface area contributed by atoms with Crippen molar-refractivity contribution in [1.82, 2.24) is 9.78 Å². The average molecular weight is 196 g/mol. The SMILES string of the molecule is CCCC(OC)C(=O)c1ccnn1C. The summed E-state index contributed by atoms with van der Waals surface area (Å²) in [5.41, 5.74) is 0.602. The molecule has 0 bridgehead atoms. The predicted octanol–water partition coefficient (Wildman–Crippen LogP) is 1.42.